The van der Waals surface area contributed by atoms with Crippen molar-refractivity contribution in [2.75, 3.05) is 13.2 Å². The van der Waals surface area contributed by atoms with Gasteiger partial charge in [0, 0.05) is 24.0 Å². The SMILES string of the molecule is CC(Cl)/C=C(N)\C=C(\Cl)COc1ccc2c(c1)CCN(Cc1cccnn1)C2=O. The minimum Gasteiger partial charge on any atom is -0.488 e. The number of halogens is 2. The number of alkyl halides is 1. The standard InChI is InChI=1S/C21H22Cl2N4O2/c1-14(22)9-17(24)11-16(23)13-29-19-4-5-20-15(10-19)6-8-27(21(20)28)12-18-3-2-7-25-26-18/h2-5,7,9-11,14H,6,8,12-13,24H2,1H3/b16-11+,17-9+. The van der Waals surface area contributed by atoms with Crippen molar-refractivity contribution in [3.8, 4) is 5.75 Å². The molecule has 0 bridgehead atoms. The summed E-state index contributed by atoms with van der Waals surface area (Å²) in [7, 11) is 0. The fourth-order valence-electron chi connectivity index (χ4n) is 3.05. The van der Waals surface area contributed by atoms with Gasteiger partial charge in [0.15, 0.2) is 0 Å². The molecule has 0 saturated heterocycles. The van der Waals surface area contributed by atoms with Gasteiger partial charge in [-0.05, 0) is 61.4 Å². The highest BCUT2D eigenvalue weighted by Gasteiger charge is 2.25. The van der Waals surface area contributed by atoms with Crippen molar-refractivity contribution < 1.29 is 9.53 Å². The highest BCUT2D eigenvalue weighted by atomic mass is 35.5. The second kappa shape index (κ2) is 9.76. The maximum atomic E-state index is 12.8. The van der Waals surface area contributed by atoms with Crippen LogP contribution in [0.5, 0.6) is 5.75 Å². The summed E-state index contributed by atoms with van der Waals surface area (Å²) < 4.78 is 5.74. The van der Waals surface area contributed by atoms with E-state index in [1.165, 1.54) is 0 Å². The van der Waals surface area contributed by atoms with Crippen LogP contribution in [0.15, 0.2) is 59.4 Å². The molecule has 2 N–H and O–H groups in total. The molecule has 1 aliphatic rings. The monoisotopic (exact) mass is 432 g/mol. The van der Waals surface area contributed by atoms with Crippen LogP contribution in [0.2, 0.25) is 0 Å². The molecule has 0 fully saturated rings. The minimum atomic E-state index is -0.177. The third kappa shape index (κ3) is 5.95. The Morgan fingerprint density at radius 3 is 2.97 bits per heavy atom. The molecule has 0 saturated carbocycles. The summed E-state index contributed by atoms with van der Waals surface area (Å²) in [5, 5.41) is 8.19. The number of amides is 1. The summed E-state index contributed by atoms with van der Waals surface area (Å²) in [5.41, 5.74) is 8.72. The van der Waals surface area contributed by atoms with Crippen LogP contribution < -0.4 is 10.5 Å². The van der Waals surface area contributed by atoms with E-state index in [1.807, 2.05) is 25.1 Å². The Bertz CT molecular complexity index is 930. The molecular formula is C21H22Cl2N4O2. The molecule has 1 aromatic carbocycles. The molecule has 1 aliphatic heterocycles. The van der Waals surface area contributed by atoms with Crippen LogP contribution >= 0.6 is 23.2 Å². The van der Waals surface area contributed by atoms with Crippen molar-refractivity contribution in [1.29, 1.82) is 0 Å². The fraction of sp³-hybridized carbons (Fsp3) is 0.286. The summed E-state index contributed by atoms with van der Waals surface area (Å²) in [6.45, 7) is 3.05. The first kappa shape index (κ1) is 21.1. The Labute approximate surface area is 180 Å². The van der Waals surface area contributed by atoms with Crippen molar-refractivity contribution in [2.24, 2.45) is 5.73 Å². The van der Waals surface area contributed by atoms with Crippen molar-refractivity contribution in [3.63, 3.8) is 0 Å². The number of rotatable bonds is 7. The first-order valence-electron chi connectivity index (χ1n) is 9.21. The molecule has 0 radical (unpaired) electrons. The molecule has 3 rings (SSSR count). The molecule has 2 aromatic rings. The summed E-state index contributed by atoms with van der Waals surface area (Å²) in [4.78, 5) is 14.6. The minimum absolute atomic E-state index is 0.0190. The van der Waals surface area contributed by atoms with Gasteiger partial charge in [-0.3, -0.25) is 4.79 Å². The van der Waals surface area contributed by atoms with Gasteiger partial charge < -0.3 is 15.4 Å². The maximum absolute atomic E-state index is 12.8. The molecule has 0 aliphatic carbocycles. The van der Waals surface area contributed by atoms with Gasteiger partial charge in [-0.25, -0.2) is 0 Å². The summed E-state index contributed by atoms with van der Waals surface area (Å²) >= 11 is 12.0. The number of carbonyl (C=O) groups is 1. The first-order chi connectivity index (χ1) is 13.9. The smallest absolute Gasteiger partial charge is 0.254 e. The lowest BCUT2D eigenvalue weighted by molar-refractivity contribution is 0.0724. The number of hydrogen-bond acceptors (Lipinski definition) is 5. The molecule has 1 unspecified atom stereocenters. The molecule has 1 amide bonds. The Hall–Kier alpha value is -2.57. The highest BCUT2D eigenvalue weighted by molar-refractivity contribution is 6.30. The Kier molecular flexibility index (Phi) is 7.12. The number of nitrogens with zero attached hydrogens (tertiary/aromatic N) is 3. The molecular weight excluding hydrogens is 411 g/mol. The topological polar surface area (TPSA) is 81.3 Å². The van der Waals surface area contributed by atoms with E-state index in [0.29, 0.717) is 35.1 Å². The molecule has 29 heavy (non-hydrogen) atoms. The lowest BCUT2D eigenvalue weighted by atomic mass is 9.98. The summed E-state index contributed by atoms with van der Waals surface area (Å²) in [6, 6.07) is 9.12. The largest absolute Gasteiger partial charge is 0.488 e. The maximum Gasteiger partial charge on any atom is 0.254 e. The van der Waals surface area contributed by atoms with Crippen LogP contribution in [-0.4, -0.2) is 39.5 Å². The highest BCUT2D eigenvalue weighted by Crippen LogP contribution is 2.25. The number of hydrogen-bond donors (Lipinski definition) is 1. The lowest BCUT2D eigenvalue weighted by Gasteiger charge is -2.28. The van der Waals surface area contributed by atoms with Gasteiger partial charge in [0.25, 0.3) is 5.91 Å². The normalized spacial score (nSPS) is 15.8. The quantitative estimate of drug-likeness (QED) is 0.533. The van der Waals surface area contributed by atoms with Crippen LogP contribution in [0.1, 0.15) is 28.5 Å². The molecule has 1 atom stereocenters. The van der Waals surface area contributed by atoms with E-state index >= 15 is 0 Å². The number of allylic oxidation sites excluding steroid dienone is 2. The number of aromatic nitrogens is 2. The van der Waals surface area contributed by atoms with Gasteiger partial charge in [-0.15, -0.1) is 11.6 Å². The number of fused-ring (bicyclic) bond motifs is 1. The molecule has 1 aromatic heterocycles. The van der Waals surface area contributed by atoms with E-state index in [0.717, 1.165) is 17.7 Å². The van der Waals surface area contributed by atoms with Crippen molar-refractivity contribution in [2.45, 2.75) is 25.3 Å². The van der Waals surface area contributed by atoms with Gasteiger partial charge in [0.05, 0.1) is 22.6 Å². The number of nitrogens with two attached hydrogens (primary N) is 1. The summed E-state index contributed by atoms with van der Waals surface area (Å²) in [6.07, 6.45) is 5.67. The van der Waals surface area contributed by atoms with Crippen molar-refractivity contribution in [1.82, 2.24) is 15.1 Å². The third-order valence-electron chi connectivity index (χ3n) is 4.35. The van der Waals surface area contributed by atoms with E-state index in [1.54, 1.807) is 35.4 Å². The predicted molar refractivity (Wildman–Crippen MR) is 114 cm³/mol. The van der Waals surface area contributed by atoms with Gasteiger partial charge in [-0.2, -0.15) is 10.2 Å². The van der Waals surface area contributed by atoms with E-state index in [-0.39, 0.29) is 17.9 Å². The zero-order valence-electron chi connectivity index (χ0n) is 16.0. The third-order valence-corrected chi connectivity index (χ3v) is 4.69. The van der Waals surface area contributed by atoms with E-state index in [2.05, 4.69) is 10.2 Å². The molecule has 152 valence electrons. The molecule has 8 heteroatoms. The number of ether oxygens (including phenoxy) is 1. The summed E-state index contributed by atoms with van der Waals surface area (Å²) in [5.74, 6) is 0.633. The fourth-order valence-corrected chi connectivity index (χ4v) is 3.38. The molecule has 2 heterocycles. The van der Waals surface area contributed by atoms with Gasteiger partial charge in [-0.1, -0.05) is 11.6 Å². The zero-order valence-corrected chi connectivity index (χ0v) is 17.5. The Morgan fingerprint density at radius 1 is 1.41 bits per heavy atom. The van der Waals surface area contributed by atoms with Gasteiger partial charge >= 0.3 is 0 Å². The predicted octanol–water partition coefficient (Wildman–Crippen LogP) is 3.65. The Balaban J connectivity index is 1.63. The van der Waals surface area contributed by atoms with Crippen LogP contribution in [0.3, 0.4) is 0 Å². The van der Waals surface area contributed by atoms with Crippen molar-refractivity contribution >= 4 is 29.1 Å². The van der Waals surface area contributed by atoms with Crippen molar-refractivity contribution in [3.05, 3.63) is 76.2 Å². The van der Waals surface area contributed by atoms with Crippen LogP contribution in [0, 0.1) is 0 Å². The van der Waals surface area contributed by atoms with Crippen LogP contribution in [0.25, 0.3) is 0 Å². The average molecular weight is 433 g/mol. The number of carbonyl (C=O) groups excluding carboxylic acids is 1. The van der Waals surface area contributed by atoms with E-state index < -0.39 is 0 Å². The second-order valence-corrected chi connectivity index (χ2v) is 7.91. The average Bonchev–Trinajstić information content (AvgIpc) is 2.68. The second-order valence-electron chi connectivity index (χ2n) is 6.73. The van der Waals surface area contributed by atoms with Crippen LogP contribution in [-0.2, 0) is 13.0 Å². The molecule has 0 spiro atoms. The number of benzene rings is 1. The first-order valence-corrected chi connectivity index (χ1v) is 10.0. The van der Waals surface area contributed by atoms with Gasteiger partial charge in [0.1, 0.15) is 12.4 Å². The van der Waals surface area contributed by atoms with E-state index in [9.17, 15) is 4.79 Å². The van der Waals surface area contributed by atoms with E-state index in [4.69, 9.17) is 33.7 Å². The zero-order chi connectivity index (χ0) is 20.8. The van der Waals surface area contributed by atoms with Crippen LogP contribution in [0.4, 0.5) is 0 Å². The molecule has 6 nitrogen and oxygen atoms in total. The lowest BCUT2D eigenvalue weighted by Crippen LogP contribution is -2.37. The van der Waals surface area contributed by atoms with Gasteiger partial charge in [0.2, 0.25) is 0 Å². The Morgan fingerprint density at radius 2 is 2.24 bits per heavy atom.